The summed E-state index contributed by atoms with van der Waals surface area (Å²) in [6.07, 6.45) is 0. The Labute approximate surface area is 172 Å². The fourth-order valence-corrected chi connectivity index (χ4v) is 3.59. The highest BCUT2D eigenvalue weighted by molar-refractivity contribution is 9.11. The van der Waals surface area contributed by atoms with Crippen LogP contribution in [0.5, 0.6) is 5.75 Å². The number of anilines is 1. The lowest BCUT2D eigenvalue weighted by Crippen LogP contribution is -2.34. The number of nitrogens with one attached hydrogen (secondary N) is 2. The Morgan fingerprint density at radius 1 is 1.12 bits per heavy atom. The molecule has 11 heteroatoms. The summed E-state index contributed by atoms with van der Waals surface area (Å²) in [7, 11) is 0. The van der Waals surface area contributed by atoms with E-state index in [2.05, 4.69) is 58.4 Å². The molecule has 0 aliphatic rings. The molecule has 2 aromatic rings. The zero-order valence-corrected chi connectivity index (χ0v) is 17.6. The maximum absolute atomic E-state index is 12.3. The molecule has 25 heavy (non-hydrogen) atoms. The van der Waals surface area contributed by atoms with Crippen LogP contribution in [-0.2, 0) is 0 Å². The molecule has 2 rings (SSSR count). The number of nitro groups is 1. The summed E-state index contributed by atoms with van der Waals surface area (Å²) in [6, 6.07) is 6.99. The molecule has 0 heterocycles. The monoisotopic (exact) mass is 551 g/mol. The van der Waals surface area contributed by atoms with Gasteiger partial charge in [-0.05, 0) is 78.2 Å². The predicted octanol–water partition coefficient (Wildman–Crippen LogP) is 4.71. The second-order valence-corrected chi connectivity index (χ2v) is 7.59. The van der Waals surface area contributed by atoms with Gasteiger partial charge in [-0.15, -0.1) is 0 Å². The molecule has 0 saturated heterocycles. The predicted molar refractivity (Wildman–Crippen MR) is 108 cm³/mol. The average molecular weight is 554 g/mol. The zero-order valence-electron chi connectivity index (χ0n) is 12.0. The van der Waals surface area contributed by atoms with Gasteiger partial charge in [-0.25, -0.2) is 0 Å². The molecule has 130 valence electrons. The van der Waals surface area contributed by atoms with Crippen molar-refractivity contribution in [1.29, 1.82) is 0 Å². The van der Waals surface area contributed by atoms with Gasteiger partial charge in [0.05, 0.1) is 19.4 Å². The van der Waals surface area contributed by atoms with E-state index in [4.69, 9.17) is 12.2 Å². The molecule has 0 aliphatic carbocycles. The van der Waals surface area contributed by atoms with E-state index >= 15 is 0 Å². The number of carbonyl (C=O) groups excluding carboxylic acids is 1. The maximum atomic E-state index is 12.3. The molecule has 0 aliphatic heterocycles. The quantitative estimate of drug-likeness (QED) is 0.220. The first-order valence-corrected chi connectivity index (χ1v) is 9.22. The molecular formula is C14H8Br3N3O4S. The van der Waals surface area contributed by atoms with Gasteiger partial charge in [0.1, 0.15) is 5.75 Å². The number of halogens is 3. The molecular weight excluding hydrogens is 546 g/mol. The molecule has 7 nitrogen and oxygen atoms in total. The van der Waals surface area contributed by atoms with Gasteiger partial charge in [-0.2, -0.15) is 0 Å². The van der Waals surface area contributed by atoms with Gasteiger partial charge in [0.25, 0.3) is 11.6 Å². The minimum atomic E-state index is -0.606. The largest absolute Gasteiger partial charge is 0.506 e. The number of phenols is 1. The van der Waals surface area contributed by atoms with Gasteiger partial charge < -0.3 is 10.4 Å². The summed E-state index contributed by atoms with van der Waals surface area (Å²) >= 11 is 14.6. The Hall–Kier alpha value is -1.56. The third-order valence-corrected chi connectivity index (χ3v) is 5.01. The second kappa shape index (κ2) is 8.21. The molecule has 0 fully saturated rings. The summed E-state index contributed by atoms with van der Waals surface area (Å²) in [5.41, 5.74) is 0.380. The van der Waals surface area contributed by atoms with Crippen LogP contribution in [-0.4, -0.2) is 21.0 Å². The normalized spacial score (nSPS) is 10.2. The van der Waals surface area contributed by atoms with Gasteiger partial charge in [-0.1, -0.05) is 0 Å². The number of nitrogens with zero attached hydrogens (tertiary/aromatic N) is 1. The molecule has 0 unspecified atom stereocenters. The highest BCUT2D eigenvalue weighted by Gasteiger charge is 2.17. The van der Waals surface area contributed by atoms with Crippen molar-refractivity contribution in [3.8, 4) is 5.75 Å². The smallest absolute Gasteiger partial charge is 0.270 e. The SMILES string of the molecule is O=C(NC(=S)Nc1cc(Br)c(O)c(Br)c1)c1cc([N+](=O)[O-])ccc1Br. The first-order chi connectivity index (χ1) is 11.7. The van der Waals surface area contributed by atoms with E-state index in [-0.39, 0.29) is 22.1 Å². The standard InChI is InChI=1S/C14H8Br3N3O4S/c15-9-2-1-7(20(23)24)5-8(9)13(22)19-14(25)18-6-3-10(16)12(21)11(17)4-6/h1-5,21H,(H2,18,19,22,25). The lowest BCUT2D eigenvalue weighted by Gasteiger charge is -2.12. The first kappa shape index (κ1) is 19.8. The number of hydrogen-bond acceptors (Lipinski definition) is 5. The Morgan fingerprint density at radius 2 is 1.72 bits per heavy atom. The van der Waals surface area contributed by atoms with Crippen molar-refractivity contribution in [2.75, 3.05) is 5.32 Å². The molecule has 1 amide bonds. The van der Waals surface area contributed by atoms with E-state index in [1.54, 1.807) is 12.1 Å². The number of phenolic OH excluding ortho intramolecular Hbond substituents is 1. The number of carbonyl (C=O) groups is 1. The molecule has 0 spiro atoms. The number of rotatable bonds is 3. The Bertz CT molecular complexity index is 869. The van der Waals surface area contributed by atoms with Crippen LogP contribution in [0.2, 0.25) is 0 Å². The Kier molecular flexibility index (Phi) is 6.49. The van der Waals surface area contributed by atoms with Crippen LogP contribution in [0.4, 0.5) is 11.4 Å². The number of nitro benzene ring substituents is 1. The number of non-ortho nitro benzene ring substituents is 1. The van der Waals surface area contributed by atoms with Gasteiger partial charge >= 0.3 is 0 Å². The van der Waals surface area contributed by atoms with E-state index in [0.717, 1.165) is 6.07 Å². The van der Waals surface area contributed by atoms with Crippen LogP contribution in [0.1, 0.15) is 10.4 Å². The number of aromatic hydroxyl groups is 1. The average Bonchev–Trinajstić information content (AvgIpc) is 2.52. The molecule has 3 N–H and O–H groups in total. The molecule has 0 bridgehead atoms. The van der Waals surface area contributed by atoms with Crippen molar-refractivity contribution in [2.45, 2.75) is 0 Å². The van der Waals surface area contributed by atoms with Crippen molar-refractivity contribution in [1.82, 2.24) is 5.32 Å². The molecule has 0 atom stereocenters. The van der Waals surface area contributed by atoms with Gasteiger partial charge in [0, 0.05) is 22.3 Å². The zero-order chi connectivity index (χ0) is 18.7. The Morgan fingerprint density at radius 3 is 2.28 bits per heavy atom. The van der Waals surface area contributed by atoms with Crippen molar-refractivity contribution in [3.63, 3.8) is 0 Å². The fourth-order valence-electron chi connectivity index (χ4n) is 1.77. The van der Waals surface area contributed by atoms with Crippen molar-refractivity contribution >= 4 is 82.4 Å². The Balaban J connectivity index is 2.14. The van der Waals surface area contributed by atoms with Crippen LogP contribution in [0, 0.1) is 10.1 Å². The second-order valence-electron chi connectivity index (χ2n) is 4.62. The van der Waals surface area contributed by atoms with Crippen LogP contribution in [0.25, 0.3) is 0 Å². The lowest BCUT2D eigenvalue weighted by atomic mass is 10.2. The van der Waals surface area contributed by atoms with Gasteiger partial charge in [0.15, 0.2) is 5.11 Å². The minimum Gasteiger partial charge on any atom is -0.506 e. The van der Waals surface area contributed by atoms with Crippen LogP contribution >= 0.6 is 60.0 Å². The minimum absolute atomic E-state index is 0.00658. The lowest BCUT2D eigenvalue weighted by molar-refractivity contribution is -0.384. The van der Waals surface area contributed by atoms with E-state index in [1.807, 2.05) is 0 Å². The topological polar surface area (TPSA) is 104 Å². The molecule has 0 saturated carbocycles. The molecule has 2 aromatic carbocycles. The van der Waals surface area contributed by atoms with E-state index in [1.165, 1.54) is 12.1 Å². The van der Waals surface area contributed by atoms with Crippen molar-refractivity contribution < 1.29 is 14.8 Å². The van der Waals surface area contributed by atoms with Crippen molar-refractivity contribution in [2.24, 2.45) is 0 Å². The maximum Gasteiger partial charge on any atom is 0.270 e. The van der Waals surface area contributed by atoms with E-state index in [9.17, 15) is 20.0 Å². The van der Waals surface area contributed by atoms with E-state index in [0.29, 0.717) is 19.1 Å². The van der Waals surface area contributed by atoms with Gasteiger partial charge in [0.2, 0.25) is 0 Å². The molecule has 0 aromatic heterocycles. The number of benzene rings is 2. The fraction of sp³-hybridized carbons (Fsp3) is 0. The van der Waals surface area contributed by atoms with Crippen LogP contribution in [0.3, 0.4) is 0 Å². The third kappa shape index (κ3) is 4.97. The summed E-state index contributed by atoms with van der Waals surface area (Å²) in [6.45, 7) is 0. The van der Waals surface area contributed by atoms with Gasteiger partial charge in [-0.3, -0.25) is 20.2 Å². The highest BCUT2D eigenvalue weighted by atomic mass is 79.9. The van der Waals surface area contributed by atoms with Crippen LogP contribution in [0.15, 0.2) is 43.7 Å². The van der Waals surface area contributed by atoms with Crippen molar-refractivity contribution in [3.05, 3.63) is 59.4 Å². The number of hydrogen-bond donors (Lipinski definition) is 3. The number of thiocarbonyl (C=S) groups is 1. The summed E-state index contributed by atoms with van der Waals surface area (Å²) in [5.74, 6) is -0.578. The van der Waals surface area contributed by atoms with E-state index < -0.39 is 10.8 Å². The number of amides is 1. The summed E-state index contributed by atoms with van der Waals surface area (Å²) in [4.78, 5) is 22.5. The molecule has 0 radical (unpaired) electrons. The first-order valence-electron chi connectivity index (χ1n) is 6.43. The summed E-state index contributed by atoms with van der Waals surface area (Å²) in [5, 5.41) is 25.7. The highest BCUT2D eigenvalue weighted by Crippen LogP contribution is 2.35. The third-order valence-electron chi connectivity index (χ3n) is 2.91. The van der Waals surface area contributed by atoms with Crippen LogP contribution < -0.4 is 10.6 Å². The summed E-state index contributed by atoms with van der Waals surface area (Å²) < 4.78 is 1.26.